The molecule has 0 aliphatic heterocycles. The summed E-state index contributed by atoms with van der Waals surface area (Å²) in [4.78, 5) is 10.2. The minimum Gasteiger partial charge on any atom is -0.388 e. The number of aliphatic hydroxyl groups is 1. The summed E-state index contributed by atoms with van der Waals surface area (Å²) in [7, 11) is 0. The molecular weight excluding hydrogens is 290 g/mol. The Morgan fingerprint density at radius 1 is 1.05 bits per heavy atom. The van der Waals surface area contributed by atoms with Crippen molar-refractivity contribution in [3.63, 3.8) is 0 Å². The summed E-state index contributed by atoms with van der Waals surface area (Å²) in [5.41, 5.74) is 1.56. The molecule has 0 spiro atoms. The number of rotatable bonds is 5. The maximum atomic E-state index is 10.6. The van der Waals surface area contributed by atoms with Crippen LogP contribution in [0, 0.1) is 16.0 Å². The van der Waals surface area contributed by atoms with E-state index in [2.05, 4.69) is 0 Å². The molecule has 0 aliphatic carbocycles. The van der Waals surface area contributed by atoms with Crippen molar-refractivity contribution in [2.45, 2.75) is 18.4 Å². The van der Waals surface area contributed by atoms with Gasteiger partial charge in [0.25, 0.3) is 5.69 Å². The molecule has 0 heterocycles. The maximum absolute atomic E-state index is 10.6. The molecule has 0 fully saturated rings. The Labute approximate surface area is 128 Å². The fourth-order valence-electron chi connectivity index (χ4n) is 2.20. The second kappa shape index (κ2) is 6.70. The Kier molecular flexibility index (Phi) is 4.94. The molecule has 2 aromatic carbocycles. The molecule has 3 atom stereocenters. The Hall–Kier alpha value is -1.91. The first-order chi connectivity index (χ1) is 10.0. The first kappa shape index (κ1) is 15.5. The van der Waals surface area contributed by atoms with Crippen LogP contribution in [-0.2, 0) is 0 Å². The molecule has 0 aliphatic rings. The topological polar surface area (TPSA) is 63.4 Å². The largest absolute Gasteiger partial charge is 0.388 e. The summed E-state index contributed by atoms with van der Waals surface area (Å²) >= 11 is 6.41. The maximum Gasteiger partial charge on any atom is 0.269 e. The Morgan fingerprint density at radius 3 is 2.14 bits per heavy atom. The fourth-order valence-corrected chi connectivity index (χ4v) is 2.48. The zero-order valence-electron chi connectivity index (χ0n) is 11.5. The lowest BCUT2D eigenvalue weighted by Crippen LogP contribution is -2.14. The predicted molar refractivity (Wildman–Crippen MR) is 82.3 cm³/mol. The highest BCUT2D eigenvalue weighted by molar-refractivity contribution is 6.21. The zero-order valence-corrected chi connectivity index (χ0v) is 12.3. The second-order valence-electron chi connectivity index (χ2n) is 4.97. The van der Waals surface area contributed by atoms with E-state index in [1.54, 1.807) is 12.1 Å². The fraction of sp³-hybridized carbons (Fsp3) is 0.250. The van der Waals surface area contributed by atoms with E-state index in [1.807, 2.05) is 37.3 Å². The summed E-state index contributed by atoms with van der Waals surface area (Å²) in [6.45, 7) is 1.86. The average Bonchev–Trinajstić information content (AvgIpc) is 2.53. The van der Waals surface area contributed by atoms with Crippen LogP contribution in [0.5, 0.6) is 0 Å². The lowest BCUT2D eigenvalue weighted by Gasteiger charge is -2.24. The number of benzene rings is 2. The average molecular weight is 306 g/mol. The van der Waals surface area contributed by atoms with Gasteiger partial charge in [0.15, 0.2) is 0 Å². The van der Waals surface area contributed by atoms with E-state index >= 15 is 0 Å². The zero-order chi connectivity index (χ0) is 15.4. The number of nitro groups is 1. The van der Waals surface area contributed by atoms with Crippen LogP contribution in [-0.4, -0.2) is 10.0 Å². The van der Waals surface area contributed by atoms with E-state index in [0.29, 0.717) is 5.56 Å². The standard InChI is InChI=1S/C16H16ClNO3/c1-11(15(17)12-5-3-2-4-6-12)16(19)13-7-9-14(10-8-13)18(20)21/h2-11,15-16,19H,1H3/t11-,15+,16+/m0/s1. The molecule has 2 rings (SSSR count). The van der Waals surface area contributed by atoms with Crippen molar-refractivity contribution in [2.24, 2.45) is 5.92 Å². The summed E-state index contributed by atoms with van der Waals surface area (Å²) in [5.74, 6) is -0.226. The SMILES string of the molecule is C[C@H]([C@@H](O)c1ccc([N+](=O)[O-])cc1)[C@@H](Cl)c1ccccc1. The molecule has 0 unspecified atom stereocenters. The van der Waals surface area contributed by atoms with E-state index in [0.717, 1.165) is 5.56 Å². The van der Waals surface area contributed by atoms with Crippen LogP contribution >= 0.6 is 11.6 Å². The van der Waals surface area contributed by atoms with Gasteiger partial charge in [-0.1, -0.05) is 37.3 Å². The van der Waals surface area contributed by atoms with Crippen LogP contribution in [0.15, 0.2) is 54.6 Å². The van der Waals surface area contributed by atoms with Gasteiger partial charge in [0, 0.05) is 18.1 Å². The molecule has 0 amide bonds. The minimum absolute atomic E-state index is 0.00378. The lowest BCUT2D eigenvalue weighted by atomic mass is 9.91. The summed E-state index contributed by atoms with van der Waals surface area (Å²) in [6, 6.07) is 15.4. The van der Waals surface area contributed by atoms with Gasteiger partial charge >= 0.3 is 0 Å². The van der Waals surface area contributed by atoms with E-state index in [9.17, 15) is 15.2 Å². The number of alkyl halides is 1. The number of nitrogens with zero attached hydrogens (tertiary/aromatic N) is 1. The third kappa shape index (κ3) is 3.60. The minimum atomic E-state index is -0.784. The van der Waals surface area contributed by atoms with Crippen LogP contribution in [0.3, 0.4) is 0 Å². The van der Waals surface area contributed by atoms with Crippen molar-refractivity contribution in [3.8, 4) is 0 Å². The van der Waals surface area contributed by atoms with Gasteiger partial charge in [-0.15, -0.1) is 11.6 Å². The van der Waals surface area contributed by atoms with Crippen LogP contribution in [0.4, 0.5) is 5.69 Å². The number of aliphatic hydroxyl groups excluding tert-OH is 1. The quantitative estimate of drug-likeness (QED) is 0.510. The molecule has 110 valence electrons. The summed E-state index contributed by atoms with van der Waals surface area (Å²) in [5, 5.41) is 20.7. The van der Waals surface area contributed by atoms with Crippen molar-refractivity contribution in [1.82, 2.24) is 0 Å². The second-order valence-corrected chi connectivity index (χ2v) is 5.44. The van der Waals surface area contributed by atoms with Gasteiger partial charge in [0.1, 0.15) is 0 Å². The van der Waals surface area contributed by atoms with E-state index in [1.165, 1.54) is 12.1 Å². The molecule has 0 saturated heterocycles. The predicted octanol–water partition coefficient (Wildman–Crippen LogP) is 4.24. The third-order valence-electron chi connectivity index (χ3n) is 3.52. The van der Waals surface area contributed by atoms with E-state index in [4.69, 9.17) is 11.6 Å². The Balaban J connectivity index is 2.15. The molecule has 0 aromatic heterocycles. The molecule has 0 radical (unpaired) electrons. The van der Waals surface area contributed by atoms with Crippen LogP contribution in [0.25, 0.3) is 0 Å². The molecule has 21 heavy (non-hydrogen) atoms. The lowest BCUT2D eigenvalue weighted by molar-refractivity contribution is -0.384. The number of non-ortho nitro benzene ring substituents is 1. The number of hydrogen-bond acceptors (Lipinski definition) is 3. The first-order valence-electron chi connectivity index (χ1n) is 6.62. The summed E-state index contributed by atoms with van der Waals surface area (Å²) < 4.78 is 0. The number of nitro benzene ring substituents is 1. The monoisotopic (exact) mass is 305 g/mol. The Morgan fingerprint density at radius 2 is 1.62 bits per heavy atom. The van der Waals surface area contributed by atoms with Crippen molar-refractivity contribution < 1.29 is 10.0 Å². The van der Waals surface area contributed by atoms with E-state index < -0.39 is 11.0 Å². The molecular formula is C16H16ClNO3. The highest BCUT2D eigenvalue weighted by atomic mass is 35.5. The molecule has 2 aromatic rings. The third-order valence-corrected chi connectivity index (χ3v) is 4.17. The van der Waals surface area contributed by atoms with Gasteiger partial charge in [-0.25, -0.2) is 0 Å². The van der Waals surface area contributed by atoms with Crippen LogP contribution in [0.2, 0.25) is 0 Å². The Bertz CT molecular complexity index is 601. The van der Waals surface area contributed by atoms with Gasteiger partial charge in [-0.3, -0.25) is 10.1 Å². The normalized spacial score (nSPS) is 15.2. The molecule has 4 nitrogen and oxygen atoms in total. The van der Waals surface area contributed by atoms with Gasteiger partial charge in [0.05, 0.1) is 16.4 Å². The smallest absolute Gasteiger partial charge is 0.269 e. The highest BCUT2D eigenvalue weighted by Crippen LogP contribution is 2.37. The summed E-state index contributed by atoms with van der Waals surface area (Å²) in [6.07, 6.45) is -0.784. The van der Waals surface area contributed by atoms with Crippen molar-refractivity contribution in [2.75, 3.05) is 0 Å². The van der Waals surface area contributed by atoms with Crippen LogP contribution < -0.4 is 0 Å². The molecule has 0 bridgehead atoms. The molecule has 1 N–H and O–H groups in total. The van der Waals surface area contributed by atoms with E-state index in [-0.39, 0.29) is 17.0 Å². The van der Waals surface area contributed by atoms with Crippen molar-refractivity contribution in [1.29, 1.82) is 0 Å². The van der Waals surface area contributed by atoms with Gasteiger partial charge in [-0.2, -0.15) is 0 Å². The van der Waals surface area contributed by atoms with Gasteiger partial charge in [-0.05, 0) is 23.3 Å². The van der Waals surface area contributed by atoms with Gasteiger partial charge in [0.2, 0.25) is 0 Å². The molecule has 5 heteroatoms. The van der Waals surface area contributed by atoms with Crippen LogP contribution in [0.1, 0.15) is 29.5 Å². The van der Waals surface area contributed by atoms with Crippen molar-refractivity contribution >= 4 is 17.3 Å². The number of halogens is 1. The number of hydrogen-bond donors (Lipinski definition) is 1. The van der Waals surface area contributed by atoms with Gasteiger partial charge < -0.3 is 5.11 Å². The van der Waals surface area contributed by atoms with Crippen molar-refractivity contribution in [3.05, 3.63) is 75.8 Å². The molecule has 0 saturated carbocycles. The highest BCUT2D eigenvalue weighted by Gasteiger charge is 2.25. The first-order valence-corrected chi connectivity index (χ1v) is 7.06.